The lowest BCUT2D eigenvalue weighted by atomic mass is 10.2. The van der Waals surface area contributed by atoms with E-state index >= 15 is 0 Å². The van der Waals surface area contributed by atoms with Gasteiger partial charge in [-0.25, -0.2) is 0 Å². The SMILES string of the molecule is C=C(CC1(C)OCCO1)[P+](c1ccccc1)(c1ccccc1)c1ccccc1.[I-]. The van der Waals surface area contributed by atoms with Crippen molar-refractivity contribution in [3.8, 4) is 0 Å². The van der Waals surface area contributed by atoms with Crippen LogP contribution < -0.4 is 39.9 Å². The third kappa shape index (κ3) is 4.34. The van der Waals surface area contributed by atoms with Gasteiger partial charge in [0.25, 0.3) is 0 Å². The Bertz CT molecular complexity index is 826. The molecule has 150 valence electrons. The van der Waals surface area contributed by atoms with E-state index in [0.29, 0.717) is 19.6 Å². The fourth-order valence-electron chi connectivity index (χ4n) is 4.10. The van der Waals surface area contributed by atoms with Gasteiger partial charge in [-0.3, -0.25) is 0 Å². The molecule has 1 saturated heterocycles. The van der Waals surface area contributed by atoms with Gasteiger partial charge in [0.2, 0.25) is 0 Å². The van der Waals surface area contributed by atoms with Crippen LogP contribution in [0.5, 0.6) is 0 Å². The number of halogens is 1. The molecule has 1 heterocycles. The Balaban J connectivity index is 0.00000240. The van der Waals surface area contributed by atoms with Crippen LogP contribution >= 0.6 is 7.26 Å². The van der Waals surface area contributed by atoms with Crippen LogP contribution in [0, 0.1) is 0 Å². The summed E-state index contributed by atoms with van der Waals surface area (Å²) in [5.41, 5.74) is 0. The van der Waals surface area contributed by atoms with E-state index < -0.39 is 13.0 Å². The largest absolute Gasteiger partial charge is 1.00 e. The second-order valence-corrected chi connectivity index (χ2v) is 10.8. The Labute approximate surface area is 191 Å². The van der Waals surface area contributed by atoms with Crippen molar-refractivity contribution in [3.05, 3.63) is 103 Å². The van der Waals surface area contributed by atoms with Crippen LogP contribution in [0.1, 0.15) is 13.3 Å². The molecule has 0 radical (unpaired) electrons. The Hall–Kier alpha value is -1.52. The standard InChI is InChI=1S/C25H26O2P.HI/c1-21(20-25(2)26-18-19-27-25)28(22-12-6-3-7-13-22,23-14-8-4-9-15-23)24-16-10-5-11-17-24;/h3-17H,1,18-20H2,2H3;1H/q+1;/p-1. The molecule has 0 aromatic heterocycles. The first kappa shape index (κ1) is 22.2. The monoisotopic (exact) mass is 516 g/mol. The summed E-state index contributed by atoms with van der Waals surface area (Å²) in [6.45, 7) is 7.96. The van der Waals surface area contributed by atoms with E-state index in [4.69, 9.17) is 9.47 Å². The quantitative estimate of drug-likeness (QED) is 0.367. The zero-order valence-electron chi connectivity index (χ0n) is 16.6. The van der Waals surface area contributed by atoms with E-state index in [-0.39, 0.29) is 24.0 Å². The van der Waals surface area contributed by atoms with Crippen LogP contribution in [0.25, 0.3) is 0 Å². The normalized spacial score (nSPS) is 15.5. The molecule has 4 heteroatoms. The van der Waals surface area contributed by atoms with Gasteiger partial charge in [0.15, 0.2) is 5.79 Å². The van der Waals surface area contributed by atoms with E-state index in [1.807, 2.05) is 6.92 Å². The van der Waals surface area contributed by atoms with Gasteiger partial charge in [0.05, 0.1) is 24.9 Å². The van der Waals surface area contributed by atoms with E-state index in [2.05, 4.69) is 97.6 Å². The summed E-state index contributed by atoms with van der Waals surface area (Å²) in [4.78, 5) is 0. The van der Waals surface area contributed by atoms with Crippen molar-refractivity contribution in [3.63, 3.8) is 0 Å². The maximum Gasteiger partial charge on any atom is 0.172 e. The fourth-order valence-corrected chi connectivity index (χ4v) is 8.47. The van der Waals surface area contributed by atoms with Gasteiger partial charge in [-0.1, -0.05) is 61.2 Å². The first-order valence-electron chi connectivity index (χ1n) is 9.67. The molecule has 1 fully saturated rings. The maximum atomic E-state index is 5.95. The summed E-state index contributed by atoms with van der Waals surface area (Å²) in [5, 5.41) is 5.08. The van der Waals surface area contributed by atoms with Crippen molar-refractivity contribution in [2.75, 3.05) is 13.2 Å². The van der Waals surface area contributed by atoms with Crippen molar-refractivity contribution in [1.82, 2.24) is 0 Å². The van der Waals surface area contributed by atoms with Gasteiger partial charge in [-0.15, -0.1) is 0 Å². The minimum absolute atomic E-state index is 0. The topological polar surface area (TPSA) is 18.5 Å². The van der Waals surface area contributed by atoms with Crippen LogP contribution in [-0.4, -0.2) is 19.0 Å². The van der Waals surface area contributed by atoms with E-state index in [0.717, 1.165) is 0 Å². The third-order valence-corrected chi connectivity index (χ3v) is 9.65. The number of hydrogen-bond acceptors (Lipinski definition) is 2. The minimum Gasteiger partial charge on any atom is -1.00 e. The Morgan fingerprint density at radius 3 is 1.45 bits per heavy atom. The van der Waals surface area contributed by atoms with Gasteiger partial charge in [-0.05, 0) is 43.3 Å². The molecule has 0 atom stereocenters. The molecule has 2 nitrogen and oxygen atoms in total. The van der Waals surface area contributed by atoms with Crippen LogP contribution in [0.2, 0.25) is 0 Å². The van der Waals surface area contributed by atoms with E-state index in [1.54, 1.807) is 0 Å². The molecular weight excluding hydrogens is 490 g/mol. The molecule has 0 spiro atoms. The van der Waals surface area contributed by atoms with Crippen molar-refractivity contribution in [1.29, 1.82) is 0 Å². The molecule has 3 aromatic carbocycles. The smallest absolute Gasteiger partial charge is 0.172 e. The van der Waals surface area contributed by atoms with Crippen LogP contribution in [0.15, 0.2) is 103 Å². The first-order chi connectivity index (χ1) is 13.7. The number of benzene rings is 3. The van der Waals surface area contributed by atoms with Crippen LogP contribution in [0.3, 0.4) is 0 Å². The highest BCUT2D eigenvalue weighted by molar-refractivity contribution is 7.99. The molecule has 1 aliphatic heterocycles. The highest BCUT2D eigenvalue weighted by Crippen LogP contribution is 2.63. The molecule has 0 unspecified atom stereocenters. The number of rotatable bonds is 6. The molecule has 3 aromatic rings. The predicted molar refractivity (Wildman–Crippen MR) is 119 cm³/mol. The Morgan fingerprint density at radius 1 is 0.759 bits per heavy atom. The Morgan fingerprint density at radius 2 is 1.10 bits per heavy atom. The van der Waals surface area contributed by atoms with Crippen LogP contribution in [0.4, 0.5) is 0 Å². The molecule has 29 heavy (non-hydrogen) atoms. The zero-order chi connectivity index (χ0) is 19.5. The fraction of sp³-hybridized carbons (Fsp3) is 0.200. The number of ether oxygens (including phenoxy) is 2. The van der Waals surface area contributed by atoms with Gasteiger partial charge in [0, 0.05) is 0 Å². The van der Waals surface area contributed by atoms with E-state index in [9.17, 15) is 0 Å². The highest BCUT2D eigenvalue weighted by atomic mass is 127. The van der Waals surface area contributed by atoms with Gasteiger partial charge in [0.1, 0.15) is 23.2 Å². The molecule has 0 aliphatic carbocycles. The first-order valence-corrected chi connectivity index (χ1v) is 11.5. The maximum absolute atomic E-state index is 5.95. The lowest BCUT2D eigenvalue weighted by Gasteiger charge is -2.32. The summed E-state index contributed by atoms with van der Waals surface area (Å²) >= 11 is 0. The lowest BCUT2D eigenvalue weighted by Crippen LogP contribution is -3.00. The summed E-state index contributed by atoms with van der Waals surface area (Å²) in [6, 6.07) is 32.3. The number of hydrogen-bond donors (Lipinski definition) is 0. The van der Waals surface area contributed by atoms with Gasteiger partial charge >= 0.3 is 0 Å². The van der Waals surface area contributed by atoms with Crippen molar-refractivity contribution < 1.29 is 33.5 Å². The van der Waals surface area contributed by atoms with Gasteiger partial charge in [-0.2, -0.15) is 0 Å². The molecule has 0 bridgehead atoms. The summed E-state index contributed by atoms with van der Waals surface area (Å²) in [5.74, 6) is -0.610. The van der Waals surface area contributed by atoms with Crippen molar-refractivity contribution in [2.24, 2.45) is 0 Å². The lowest BCUT2D eigenvalue weighted by molar-refractivity contribution is -0.139. The highest BCUT2D eigenvalue weighted by Gasteiger charge is 2.51. The molecular formula is C25H26IO2P. The van der Waals surface area contributed by atoms with E-state index in [1.165, 1.54) is 21.2 Å². The van der Waals surface area contributed by atoms with Gasteiger partial charge < -0.3 is 33.5 Å². The predicted octanol–water partition coefficient (Wildman–Crippen LogP) is 1.65. The molecule has 4 rings (SSSR count). The summed E-state index contributed by atoms with van der Waals surface area (Å²) in [6.07, 6.45) is 0.666. The second-order valence-electron chi connectivity index (χ2n) is 7.25. The zero-order valence-corrected chi connectivity index (χ0v) is 19.7. The summed E-state index contributed by atoms with van der Waals surface area (Å²) in [7, 11) is -2.09. The molecule has 0 amide bonds. The average molecular weight is 516 g/mol. The molecule has 1 aliphatic rings. The van der Waals surface area contributed by atoms with Crippen molar-refractivity contribution >= 4 is 23.2 Å². The van der Waals surface area contributed by atoms with Crippen LogP contribution in [-0.2, 0) is 9.47 Å². The summed E-state index contributed by atoms with van der Waals surface area (Å²) < 4.78 is 11.9. The third-order valence-electron chi connectivity index (χ3n) is 5.33. The molecule has 0 N–H and O–H groups in total. The molecule has 0 saturated carbocycles. The average Bonchev–Trinajstić information content (AvgIpc) is 3.17. The second kappa shape index (κ2) is 9.53. The Kier molecular flexibility index (Phi) is 7.28. The minimum atomic E-state index is -2.09. The van der Waals surface area contributed by atoms with Crippen molar-refractivity contribution in [2.45, 2.75) is 19.1 Å².